The molecule has 4 N–H and O–H groups in total. The zero-order valence-electron chi connectivity index (χ0n) is 13.5. The number of pyridine rings is 1. The third-order valence-electron chi connectivity index (χ3n) is 3.76. The van der Waals surface area contributed by atoms with E-state index in [-0.39, 0.29) is 5.84 Å². The van der Waals surface area contributed by atoms with E-state index in [4.69, 9.17) is 27.7 Å². The number of hydrogen-bond acceptors (Lipinski definition) is 4. The van der Waals surface area contributed by atoms with E-state index >= 15 is 0 Å². The van der Waals surface area contributed by atoms with Gasteiger partial charge in [0.2, 0.25) is 0 Å². The molecule has 0 spiro atoms. The Balaban J connectivity index is 2.33. The largest absolute Gasteiger partial charge is 0.400 e. The molecule has 0 aliphatic carbocycles. The molecule has 0 fully saturated rings. The number of fused-ring (bicyclic) bond motifs is 1. The number of aryl methyl sites for hydroxylation is 1. The lowest BCUT2D eigenvalue weighted by Gasteiger charge is -2.11. The molecule has 2 heterocycles. The fourth-order valence-corrected chi connectivity index (χ4v) is 2.74. The Morgan fingerprint density at radius 3 is 2.67 bits per heavy atom. The summed E-state index contributed by atoms with van der Waals surface area (Å²) >= 11 is 6.38. The van der Waals surface area contributed by atoms with Gasteiger partial charge in [-0.3, -0.25) is 5.41 Å². The zero-order valence-corrected chi connectivity index (χ0v) is 14.3. The van der Waals surface area contributed by atoms with Crippen LogP contribution in [0.3, 0.4) is 0 Å². The summed E-state index contributed by atoms with van der Waals surface area (Å²) in [4.78, 5) is 9.35. The van der Waals surface area contributed by atoms with E-state index in [0.717, 1.165) is 17.7 Å². The Kier molecular flexibility index (Phi) is 4.36. The third kappa shape index (κ3) is 2.90. The molecule has 1 aromatic carbocycles. The van der Waals surface area contributed by atoms with Gasteiger partial charge in [-0.25, -0.2) is 9.98 Å². The van der Waals surface area contributed by atoms with Gasteiger partial charge in [-0.1, -0.05) is 36.7 Å². The number of halogens is 1. The molecule has 1 aliphatic rings. The van der Waals surface area contributed by atoms with Crippen LogP contribution in [0.2, 0.25) is 5.02 Å². The van der Waals surface area contributed by atoms with Gasteiger partial charge in [0.15, 0.2) is 5.84 Å². The Hall–Kier alpha value is -2.66. The van der Waals surface area contributed by atoms with Crippen molar-refractivity contribution in [2.75, 3.05) is 5.32 Å². The molecule has 24 heavy (non-hydrogen) atoms. The van der Waals surface area contributed by atoms with Crippen LogP contribution in [0.15, 0.2) is 52.8 Å². The van der Waals surface area contributed by atoms with Gasteiger partial charge in [0.25, 0.3) is 0 Å². The molecular weight excluding hydrogens is 322 g/mol. The van der Waals surface area contributed by atoms with Crippen molar-refractivity contribution in [1.29, 1.82) is 5.41 Å². The van der Waals surface area contributed by atoms with Crippen LogP contribution < -0.4 is 11.1 Å². The predicted molar refractivity (Wildman–Crippen MR) is 98.9 cm³/mol. The molecule has 0 amide bonds. The summed E-state index contributed by atoms with van der Waals surface area (Å²) in [5.74, 6) is 0.143. The lowest BCUT2D eigenvalue weighted by atomic mass is 10.0. The molecule has 0 radical (unpaired) electrons. The minimum atomic E-state index is 0.143. The standard InChI is InChI=1S/C18H18ClN5/c1-3-11-8-9-14-17(22-11)16(12-6-4-5-7-13(12)19)24-15(10(2)20)18(21)23-14/h4-9H,3,20H2,1-2H3,(H2,21,23)/b15-10+. The second-order valence-corrected chi connectivity index (χ2v) is 5.93. The number of aromatic nitrogens is 1. The van der Waals surface area contributed by atoms with Crippen molar-refractivity contribution in [3.05, 3.63) is 69.8 Å². The van der Waals surface area contributed by atoms with Crippen LogP contribution in [0, 0.1) is 5.41 Å². The highest BCUT2D eigenvalue weighted by molar-refractivity contribution is 6.36. The van der Waals surface area contributed by atoms with Crippen LogP contribution in [0.1, 0.15) is 30.8 Å². The molecule has 5 nitrogen and oxygen atoms in total. The van der Waals surface area contributed by atoms with Crippen molar-refractivity contribution in [3.63, 3.8) is 0 Å². The van der Waals surface area contributed by atoms with E-state index < -0.39 is 0 Å². The molecule has 0 bridgehead atoms. The highest BCUT2D eigenvalue weighted by atomic mass is 35.5. The molecule has 1 aromatic heterocycles. The van der Waals surface area contributed by atoms with E-state index in [1.54, 1.807) is 6.92 Å². The number of nitrogens with two attached hydrogens (primary N) is 1. The molecule has 2 aromatic rings. The summed E-state index contributed by atoms with van der Waals surface area (Å²) in [7, 11) is 0. The first-order valence-corrected chi connectivity index (χ1v) is 8.05. The summed E-state index contributed by atoms with van der Waals surface area (Å²) in [5, 5.41) is 11.9. The van der Waals surface area contributed by atoms with E-state index in [0.29, 0.717) is 33.5 Å². The number of nitrogens with one attached hydrogen (secondary N) is 2. The SMILES string of the molecule is CCc1ccc2c(n1)C(c1ccccc1Cl)=N/C(=C(\C)N)C(=N)N2. The monoisotopic (exact) mass is 339 g/mol. The highest BCUT2D eigenvalue weighted by Crippen LogP contribution is 2.28. The first-order valence-electron chi connectivity index (χ1n) is 7.67. The Morgan fingerprint density at radius 2 is 2.00 bits per heavy atom. The zero-order chi connectivity index (χ0) is 17.3. The van der Waals surface area contributed by atoms with Crippen molar-refractivity contribution in [2.45, 2.75) is 20.3 Å². The molecule has 6 heteroatoms. The van der Waals surface area contributed by atoms with Crippen LogP contribution in [-0.2, 0) is 6.42 Å². The highest BCUT2D eigenvalue weighted by Gasteiger charge is 2.23. The number of aliphatic imine (C=N–C) groups is 1. The Labute approximate surface area is 145 Å². The van der Waals surface area contributed by atoms with Crippen molar-refractivity contribution >= 4 is 28.8 Å². The molecule has 0 saturated heterocycles. The van der Waals surface area contributed by atoms with Crippen molar-refractivity contribution < 1.29 is 0 Å². The number of hydrogen-bond donors (Lipinski definition) is 3. The molecule has 3 rings (SSSR count). The second kappa shape index (κ2) is 6.45. The molecule has 122 valence electrons. The molecule has 1 aliphatic heterocycles. The minimum Gasteiger partial charge on any atom is -0.400 e. The summed E-state index contributed by atoms with van der Waals surface area (Å²) < 4.78 is 0. The number of rotatable bonds is 2. The number of anilines is 1. The fourth-order valence-electron chi connectivity index (χ4n) is 2.52. The van der Waals surface area contributed by atoms with Gasteiger partial charge < -0.3 is 11.1 Å². The van der Waals surface area contributed by atoms with E-state index in [9.17, 15) is 0 Å². The molecule has 0 saturated carbocycles. The topological polar surface area (TPSA) is 87.2 Å². The van der Waals surface area contributed by atoms with Gasteiger partial charge in [0.05, 0.1) is 10.7 Å². The fraction of sp³-hybridized carbons (Fsp3) is 0.167. The third-order valence-corrected chi connectivity index (χ3v) is 4.09. The first kappa shape index (κ1) is 16.2. The van der Waals surface area contributed by atoms with Crippen LogP contribution in [0.4, 0.5) is 5.69 Å². The smallest absolute Gasteiger partial charge is 0.150 e. The average molecular weight is 340 g/mol. The van der Waals surface area contributed by atoms with Gasteiger partial charge in [0.1, 0.15) is 17.1 Å². The second-order valence-electron chi connectivity index (χ2n) is 5.52. The number of amidine groups is 1. The number of nitrogens with zero attached hydrogens (tertiary/aromatic N) is 2. The normalized spacial score (nSPS) is 16.0. The number of allylic oxidation sites excluding steroid dienone is 1. The maximum absolute atomic E-state index is 8.23. The minimum absolute atomic E-state index is 0.143. The quantitative estimate of drug-likeness (QED) is 0.779. The summed E-state index contributed by atoms with van der Waals surface area (Å²) in [5.41, 5.74) is 10.5. The van der Waals surface area contributed by atoms with Gasteiger partial charge in [-0.05, 0) is 31.5 Å². The van der Waals surface area contributed by atoms with Crippen LogP contribution in [0.5, 0.6) is 0 Å². The summed E-state index contributed by atoms with van der Waals surface area (Å²) in [6, 6.07) is 11.3. The number of benzene rings is 1. The molecular formula is C18H18ClN5. The molecule has 0 unspecified atom stereocenters. The molecule has 0 atom stereocenters. The lowest BCUT2D eigenvalue weighted by Crippen LogP contribution is -2.15. The van der Waals surface area contributed by atoms with Crippen molar-refractivity contribution in [1.82, 2.24) is 4.98 Å². The van der Waals surface area contributed by atoms with Gasteiger partial charge in [-0.2, -0.15) is 0 Å². The lowest BCUT2D eigenvalue weighted by molar-refractivity contribution is 1.03. The van der Waals surface area contributed by atoms with Crippen molar-refractivity contribution in [3.8, 4) is 0 Å². The van der Waals surface area contributed by atoms with Crippen LogP contribution in [0.25, 0.3) is 0 Å². The Morgan fingerprint density at radius 1 is 1.25 bits per heavy atom. The van der Waals surface area contributed by atoms with Crippen molar-refractivity contribution in [2.24, 2.45) is 10.7 Å². The maximum atomic E-state index is 8.23. The first-order chi connectivity index (χ1) is 11.5. The summed E-state index contributed by atoms with van der Waals surface area (Å²) in [6.07, 6.45) is 0.805. The van der Waals surface area contributed by atoms with E-state index in [2.05, 4.69) is 10.3 Å². The van der Waals surface area contributed by atoms with Crippen LogP contribution in [-0.4, -0.2) is 16.5 Å². The van der Waals surface area contributed by atoms with Crippen LogP contribution >= 0.6 is 11.6 Å². The Bertz CT molecular complexity index is 879. The van der Waals surface area contributed by atoms with E-state index in [1.807, 2.05) is 43.3 Å². The van der Waals surface area contributed by atoms with Gasteiger partial charge in [-0.15, -0.1) is 0 Å². The average Bonchev–Trinajstić information content (AvgIpc) is 2.71. The van der Waals surface area contributed by atoms with E-state index in [1.165, 1.54) is 0 Å². The van der Waals surface area contributed by atoms with Gasteiger partial charge >= 0.3 is 0 Å². The summed E-state index contributed by atoms with van der Waals surface area (Å²) in [6.45, 7) is 3.77. The maximum Gasteiger partial charge on any atom is 0.150 e. The van der Waals surface area contributed by atoms with Gasteiger partial charge in [0, 0.05) is 17.0 Å². The predicted octanol–water partition coefficient (Wildman–Crippen LogP) is 3.73.